The number of nitrogens with one attached hydrogen (secondary N) is 1. The van der Waals surface area contributed by atoms with Crippen LogP contribution in [0.3, 0.4) is 0 Å². The molecule has 1 N–H and O–H groups in total. The van der Waals surface area contributed by atoms with Crippen LogP contribution < -0.4 is 5.32 Å². The second-order valence-electron chi connectivity index (χ2n) is 6.49. The predicted molar refractivity (Wildman–Crippen MR) is 101 cm³/mol. The van der Waals surface area contributed by atoms with Crippen molar-refractivity contribution in [3.63, 3.8) is 0 Å². The standard InChI is InChI=1S/C21H26N2O3/c1-25-20-14-22-13-12-19(20)23(15-17-8-4-2-5-9-17)21(24)26-16-18-10-6-3-7-11-18/h2-11,19-20,22H,12-16H2,1H3. The highest BCUT2D eigenvalue weighted by Crippen LogP contribution is 2.20. The van der Waals surface area contributed by atoms with Gasteiger partial charge in [0.2, 0.25) is 0 Å². The van der Waals surface area contributed by atoms with Gasteiger partial charge in [-0.15, -0.1) is 0 Å². The second kappa shape index (κ2) is 9.36. The molecule has 0 saturated carbocycles. The molecule has 0 spiro atoms. The van der Waals surface area contributed by atoms with E-state index in [1.54, 1.807) is 7.11 Å². The van der Waals surface area contributed by atoms with Crippen LogP contribution in [-0.2, 0) is 22.6 Å². The number of carbonyl (C=O) groups is 1. The lowest BCUT2D eigenvalue weighted by atomic mass is 10.0. The summed E-state index contributed by atoms with van der Waals surface area (Å²) in [4.78, 5) is 14.7. The highest BCUT2D eigenvalue weighted by atomic mass is 16.6. The first-order chi connectivity index (χ1) is 12.8. The minimum Gasteiger partial charge on any atom is -0.445 e. The quantitative estimate of drug-likeness (QED) is 0.865. The average molecular weight is 354 g/mol. The van der Waals surface area contributed by atoms with Gasteiger partial charge in [0, 0.05) is 20.2 Å². The molecule has 26 heavy (non-hydrogen) atoms. The molecule has 1 heterocycles. The molecule has 1 amide bonds. The van der Waals surface area contributed by atoms with Gasteiger partial charge in [-0.3, -0.25) is 4.90 Å². The fourth-order valence-electron chi connectivity index (χ4n) is 3.31. The number of nitrogens with zero attached hydrogens (tertiary/aromatic N) is 1. The Labute approximate surface area is 154 Å². The molecule has 3 rings (SSSR count). The van der Waals surface area contributed by atoms with Crippen LogP contribution in [0.5, 0.6) is 0 Å². The lowest BCUT2D eigenvalue weighted by Gasteiger charge is -2.39. The molecule has 5 nitrogen and oxygen atoms in total. The smallest absolute Gasteiger partial charge is 0.410 e. The number of carbonyl (C=O) groups excluding carboxylic acids is 1. The fraction of sp³-hybridized carbons (Fsp3) is 0.381. The first kappa shape index (κ1) is 18.4. The molecule has 2 atom stereocenters. The van der Waals surface area contributed by atoms with Crippen LogP contribution in [-0.4, -0.2) is 43.3 Å². The van der Waals surface area contributed by atoms with Gasteiger partial charge in [0.15, 0.2) is 0 Å². The Morgan fingerprint density at radius 1 is 1.08 bits per heavy atom. The molecular formula is C21H26N2O3. The molecule has 0 aliphatic carbocycles. The molecular weight excluding hydrogens is 328 g/mol. The number of piperidine rings is 1. The van der Waals surface area contributed by atoms with Crippen molar-refractivity contribution in [3.8, 4) is 0 Å². The van der Waals surface area contributed by atoms with E-state index in [9.17, 15) is 4.79 Å². The van der Waals surface area contributed by atoms with Crippen LogP contribution in [0.25, 0.3) is 0 Å². The van der Waals surface area contributed by atoms with Crippen molar-refractivity contribution >= 4 is 6.09 Å². The monoisotopic (exact) mass is 354 g/mol. The first-order valence-corrected chi connectivity index (χ1v) is 9.02. The molecule has 1 aliphatic rings. The third-order valence-electron chi connectivity index (χ3n) is 4.73. The van der Waals surface area contributed by atoms with Crippen molar-refractivity contribution in [2.24, 2.45) is 0 Å². The average Bonchev–Trinajstić information content (AvgIpc) is 2.72. The highest BCUT2D eigenvalue weighted by molar-refractivity contribution is 5.68. The van der Waals surface area contributed by atoms with Crippen molar-refractivity contribution in [1.29, 1.82) is 0 Å². The van der Waals surface area contributed by atoms with Gasteiger partial charge in [-0.2, -0.15) is 0 Å². The van der Waals surface area contributed by atoms with E-state index in [1.165, 1.54) is 0 Å². The van der Waals surface area contributed by atoms with Crippen molar-refractivity contribution in [1.82, 2.24) is 10.2 Å². The van der Waals surface area contributed by atoms with Gasteiger partial charge >= 0.3 is 6.09 Å². The Morgan fingerprint density at radius 2 is 1.73 bits per heavy atom. The first-order valence-electron chi connectivity index (χ1n) is 9.02. The molecule has 1 aliphatic heterocycles. The molecule has 2 unspecified atom stereocenters. The summed E-state index contributed by atoms with van der Waals surface area (Å²) in [6.07, 6.45) is 0.495. The van der Waals surface area contributed by atoms with E-state index in [0.29, 0.717) is 6.54 Å². The van der Waals surface area contributed by atoms with Crippen molar-refractivity contribution in [2.45, 2.75) is 31.7 Å². The van der Waals surface area contributed by atoms with Gasteiger partial charge < -0.3 is 14.8 Å². The maximum Gasteiger partial charge on any atom is 0.410 e. The maximum atomic E-state index is 12.9. The van der Waals surface area contributed by atoms with Gasteiger partial charge in [-0.05, 0) is 24.1 Å². The fourth-order valence-corrected chi connectivity index (χ4v) is 3.31. The number of amides is 1. The van der Waals surface area contributed by atoms with E-state index >= 15 is 0 Å². The Morgan fingerprint density at radius 3 is 2.38 bits per heavy atom. The summed E-state index contributed by atoms with van der Waals surface area (Å²) < 4.78 is 11.2. The van der Waals surface area contributed by atoms with Crippen molar-refractivity contribution in [2.75, 3.05) is 20.2 Å². The number of methoxy groups -OCH3 is 1. The number of ether oxygens (including phenoxy) is 2. The zero-order chi connectivity index (χ0) is 18.2. The summed E-state index contributed by atoms with van der Waals surface area (Å²) in [5, 5.41) is 3.33. The summed E-state index contributed by atoms with van der Waals surface area (Å²) >= 11 is 0. The summed E-state index contributed by atoms with van der Waals surface area (Å²) in [6, 6.07) is 19.7. The third-order valence-corrected chi connectivity index (χ3v) is 4.73. The molecule has 2 aromatic rings. The largest absolute Gasteiger partial charge is 0.445 e. The molecule has 5 heteroatoms. The van der Waals surface area contributed by atoms with Gasteiger partial charge in [0.1, 0.15) is 6.61 Å². The van der Waals surface area contributed by atoms with E-state index in [1.807, 2.05) is 65.6 Å². The van der Waals surface area contributed by atoms with Gasteiger partial charge in [-0.25, -0.2) is 4.79 Å². The Kier molecular flexibility index (Phi) is 6.63. The lowest BCUT2D eigenvalue weighted by molar-refractivity contribution is -0.00884. The van der Waals surface area contributed by atoms with Crippen LogP contribution in [0, 0.1) is 0 Å². The van der Waals surface area contributed by atoms with Crippen LogP contribution in [0.4, 0.5) is 4.79 Å². The van der Waals surface area contributed by atoms with Crippen molar-refractivity contribution in [3.05, 3.63) is 71.8 Å². The highest BCUT2D eigenvalue weighted by Gasteiger charge is 2.34. The summed E-state index contributed by atoms with van der Waals surface area (Å²) in [6.45, 7) is 2.38. The molecule has 1 saturated heterocycles. The predicted octanol–water partition coefficient (Wildman–Crippen LogP) is 3.20. The normalized spacial score (nSPS) is 19.7. The van der Waals surface area contributed by atoms with Crippen LogP contribution >= 0.6 is 0 Å². The van der Waals surface area contributed by atoms with Crippen LogP contribution in [0.15, 0.2) is 60.7 Å². The minimum absolute atomic E-state index is 0.00951. The maximum absolute atomic E-state index is 12.9. The van der Waals surface area contributed by atoms with Crippen LogP contribution in [0.1, 0.15) is 17.5 Å². The summed E-state index contributed by atoms with van der Waals surface area (Å²) in [7, 11) is 1.70. The van der Waals surface area contributed by atoms with Gasteiger partial charge in [0.25, 0.3) is 0 Å². The van der Waals surface area contributed by atoms with E-state index in [2.05, 4.69) is 5.32 Å². The SMILES string of the molecule is COC1CNCCC1N(Cc1ccccc1)C(=O)OCc1ccccc1. The molecule has 0 aromatic heterocycles. The van der Waals surface area contributed by atoms with Gasteiger partial charge in [0.05, 0.1) is 12.1 Å². The summed E-state index contributed by atoms with van der Waals surface area (Å²) in [5.41, 5.74) is 2.06. The molecule has 138 valence electrons. The molecule has 0 bridgehead atoms. The lowest BCUT2D eigenvalue weighted by Crippen LogP contribution is -2.55. The molecule has 0 radical (unpaired) electrons. The van der Waals surface area contributed by atoms with Crippen LogP contribution in [0.2, 0.25) is 0 Å². The topological polar surface area (TPSA) is 50.8 Å². The summed E-state index contributed by atoms with van der Waals surface area (Å²) in [5.74, 6) is 0. The van der Waals surface area contributed by atoms with E-state index < -0.39 is 0 Å². The Hall–Kier alpha value is -2.37. The third kappa shape index (κ3) is 4.84. The number of benzene rings is 2. The minimum atomic E-state index is -0.299. The van der Waals surface area contributed by atoms with Crippen molar-refractivity contribution < 1.29 is 14.3 Å². The Balaban J connectivity index is 1.73. The zero-order valence-electron chi connectivity index (χ0n) is 15.1. The Bertz CT molecular complexity index is 678. The number of hydrogen-bond donors (Lipinski definition) is 1. The molecule has 2 aromatic carbocycles. The molecule has 1 fully saturated rings. The van der Waals surface area contributed by atoms with E-state index in [-0.39, 0.29) is 24.8 Å². The van der Waals surface area contributed by atoms with E-state index in [4.69, 9.17) is 9.47 Å². The van der Waals surface area contributed by atoms with Gasteiger partial charge in [-0.1, -0.05) is 60.7 Å². The number of hydrogen-bond acceptors (Lipinski definition) is 4. The number of rotatable bonds is 6. The zero-order valence-corrected chi connectivity index (χ0v) is 15.1. The second-order valence-corrected chi connectivity index (χ2v) is 6.49. The van der Waals surface area contributed by atoms with E-state index in [0.717, 1.165) is 30.6 Å².